The minimum atomic E-state index is -0.819. The van der Waals surface area contributed by atoms with Crippen molar-refractivity contribution in [3.05, 3.63) is 146 Å². The first-order valence-corrected chi connectivity index (χ1v) is 25.4. The molecule has 0 N–H and O–H groups in total. The van der Waals surface area contributed by atoms with Gasteiger partial charge < -0.3 is 14.2 Å². The Morgan fingerprint density at radius 2 is 0.631 bits per heavy atom. The van der Waals surface area contributed by atoms with Gasteiger partial charge in [0, 0.05) is 19.3 Å². The Morgan fingerprint density at radius 3 is 1.06 bits per heavy atom. The summed E-state index contributed by atoms with van der Waals surface area (Å²) in [6.45, 7) is 6.16. The number of hydrogen-bond donors (Lipinski definition) is 0. The second kappa shape index (κ2) is 51.9. The van der Waals surface area contributed by atoms with Gasteiger partial charge in [-0.1, -0.05) is 212 Å². The summed E-state index contributed by atoms with van der Waals surface area (Å²) < 4.78 is 16.7. The van der Waals surface area contributed by atoms with Crippen LogP contribution in [0, 0.1) is 0 Å². The molecule has 1 atom stereocenters. The van der Waals surface area contributed by atoms with E-state index in [1.807, 2.05) is 30.4 Å². The molecule has 362 valence electrons. The maximum atomic E-state index is 12.8. The van der Waals surface area contributed by atoms with Crippen LogP contribution in [0.1, 0.15) is 188 Å². The molecule has 0 bridgehead atoms. The van der Waals surface area contributed by atoms with Gasteiger partial charge in [-0.15, -0.1) is 0 Å². The van der Waals surface area contributed by atoms with E-state index in [0.717, 1.165) is 148 Å². The van der Waals surface area contributed by atoms with Crippen LogP contribution in [0.25, 0.3) is 0 Å². The van der Waals surface area contributed by atoms with E-state index in [1.54, 1.807) is 0 Å². The van der Waals surface area contributed by atoms with Crippen molar-refractivity contribution in [3.63, 3.8) is 0 Å². The highest BCUT2D eigenvalue weighted by Crippen LogP contribution is 2.12. The minimum absolute atomic E-state index is 0.116. The van der Waals surface area contributed by atoms with E-state index in [1.165, 1.54) is 0 Å². The van der Waals surface area contributed by atoms with Gasteiger partial charge in [-0.05, 0) is 103 Å². The molecule has 0 fully saturated rings. The molecule has 65 heavy (non-hydrogen) atoms. The van der Waals surface area contributed by atoms with Crippen molar-refractivity contribution in [1.82, 2.24) is 0 Å². The van der Waals surface area contributed by atoms with Gasteiger partial charge in [0.05, 0.1) is 0 Å². The van der Waals surface area contributed by atoms with E-state index >= 15 is 0 Å². The number of unbranched alkanes of at least 4 members (excludes halogenated alkanes) is 13. The maximum Gasteiger partial charge on any atom is 0.306 e. The lowest BCUT2D eigenvalue weighted by atomic mass is 10.1. The predicted molar refractivity (Wildman–Crippen MR) is 279 cm³/mol. The molecule has 0 aliphatic rings. The highest BCUT2D eigenvalue weighted by molar-refractivity contribution is 5.71. The number of rotatable bonds is 43. The molecule has 0 aromatic heterocycles. The summed E-state index contributed by atoms with van der Waals surface area (Å²) in [5, 5.41) is 0. The van der Waals surface area contributed by atoms with Crippen LogP contribution in [0.3, 0.4) is 0 Å². The molecule has 0 radical (unpaired) electrons. The van der Waals surface area contributed by atoms with Crippen LogP contribution in [0.15, 0.2) is 146 Å². The van der Waals surface area contributed by atoms with Gasteiger partial charge in [0.1, 0.15) is 13.2 Å². The zero-order valence-corrected chi connectivity index (χ0v) is 41.2. The average molecular weight is 895 g/mol. The molecule has 0 aliphatic carbocycles. The zero-order valence-electron chi connectivity index (χ0n) is 41.2. The van der Waals surface area contributed by atoms with Crippen molar-refractivity contribution >= 4 is 17.9 Å². The van der Waals surface area contributed by atoms with E-state index in [-0.39, 0.29) is 37.5 Å². The first-order valence-electron chi connectivity index (χ1n) is 25.4. The van der Waals surface area contributed by atoms with Gasteiger partial charge >= 0.3 is 17.9 Å². The summed E-state index contributed by atoms with van der Waals surface area (Å²) in [7, 11) is 0. The van der Waals surface area contributed by atoms with Crippen molar-refractivity contribution < 1.29 is 28.6 Å². The molecule has 0 rings (SSSR count). The molecular weight excluding hydrogens is 805 g/mol. The molecular formula is C59H90O6. The lowest BCUT2D eigenvalue weighted by Crippen LogP contribution is -2.30. The Kier molecular flexibility index (Phi) is 48.2. The zero-order chi connectivity index (χ0) is 47.2. The Hall–Kier alpha value is -4.71. The topological polar surface area (TPSA) is 78.9 Å². The third-order valence-corrected chi connectivity index (χ3v) is 9.98. The quantitative estimate of drug-likeness (QED) is 0.0199. The van der Waals surface area contributed by atoms with Crippen molar-refractivity contribution in [2.24, 2.45) is 0 Å². The lowest BCUT2D eigenvalue weighted by molar-refractivity contribution is -0.167. The van der Waals surface area contributed by atoms with Crippen LogP contribution < -0.4 is 0 Å². The Bertz CT molecular complexity index is 1490. The molecule has 0 aromatic rings. The first kappa shape index (κ1) is 60.3. The summed E-state index contributed by atoms with van der Waals surface area (Å²) in [5.41, 5.74) is 0. The number of hydrogen-bond acceptors (Lipinski definition) is 6. The second-order valence-corrected chi connectivity index (χ2v) is 16.1. The summed E-state index contributed by atoms with van der Waals surface area (Å²) in [6, 6.07) is 0. The standard InChI is InChI=1S/C59H90O6/c1-4-7-10-13-16-19-22-25-27-28-29-30-32-34-37-40-43-46-49-52-58(61)64-55-56(54-63-57(60)51-48-45-42-39-36-33-24-21-18-15-12-9-6-3)65-59(62)53-50-47-44-41-38-35-31-26-23-20-17-14-11-8-5-2/h7-12,14-21,23-27,29-31,34,37,56H,4-6,13,22,28,32-33,35-36,38-55H2,1-3H3/b10-7+,11-8+,12-9+,17-14+,18-15+,19-16+,23-20+,24-21+,27-25+,30-29+,31-26+,37-34+. The molecule has 0 saturated heterocycles. The van der Waals surface area contributed by atoms with Crippen molar-refractivity contribution in [2.75, 3.05) is 13.2 Å². The van der Waals surface area contributed by atoms with Crippen LogP contribution in [0.4, 0.5) is 0 Å². The fraction of sp³-hybridized carbons (Fsp3) is 0.542. The molecule has 0 aromatic carbocycles. The molecule has 6 nitrogen and oxygen atoms in total. The molecule has 0 amide bonds. The SMILES string of the molecule is CC/C=C/C=C/C=C/C=C/CCCCCCCC(=O)OC(COC(=O)CCCCC/C=C/C/C=C/C/C=C/C/C=C/C/C=C/CC)COC(=O)CCCCCCC/C=C/C=C/C=C/CC. The van der Waals surface area contributed by atoms with Crippen molar-refractivity contribution in [2.45, 2.75) is 194 Å². The highest BCUT2D eigenvalue weighted by Gasteiger charge is 2.19. The summed E-state index contributed by atoms with van der Waals surface area (Å²) >= 11 is 0. The Morgan fingerprint density at radius 1 is 0.323 bits per heavy atom. The molecule has 0 aliphatic heterocycles. The van der Waals surface area contributed by atoms with Crippen molar-refractivity contribution in [3.8, 4) is 0 Å². The van der Waals surface area contributed by atoms with E-state index in [4.69, 9.17) is 14.2 Å². The van der Waals surface area contributed by atoms with Crippen LogP contribution in [-0.2, 0) is 28.6 Å². The van der Waals surface area contributed by atoms with Gasteiger partial charge in [-0.2, -0.15) is 0 Å². The Labute approximate surface area is 397 Å². The molecule has 1 unspecified atom stereocenters. The Balaban J connectivity index is 4.54. The van der Waals surface area contributed by atoms with Crippen LogP contribution in [-0.4, -0.2) is 37.2 Å². The maximum absolute atomic E-state index is 12.8. The van der Waals surface area contributed by atoms with Crippen LogP contribution in [0.5, 0.6) is 0 Å². The fourth-order valence-electron chi connectivity index (χ4n) is 6.24. The monoisotopic (exact) mass is 895 g/mol. The lowest BCUT2D eigenvalue weighted by Gasteiger charge is -2.18. The van der Waals surface area contributed by atoms with Crippen LogP contribution in [0.2, 0.25) is 0 Å². The van der Waals surface area contributed by atoms with E-state index in [0.29, 0.717) is 12.8 Å². The second-order valence-electron chi connectivity index (χ2n) is 16.1. The number of allylic oxidation sites excluding steroid dienone is 24. The van der Waals surface area contributed by atoms with Gasteiger partial charge in [-0.25, -0.2) is 0 Å². The van der Waals surface area contributed by atoms with Gasteiger partial charge in [0.2, 0.25) is 0 Å². The number of carbonyl (C=O) groups is 3. The summed E-state index contributed by atoms with van der Waals surface area (Å²) in [6.07, 6.45) is 74.0. The molecule has 0 spiro atoms. The molecule has 0 saturated carbocycles. The van der Waals surface area contributed by atoms with Gasteiger partial charge in [0.15, 0.2) is 6.10 Å². The number of esters is 3. The van der Waals surface area contributed by atoms with Crippen molar-refractivity contribution in [1.29, 1.82) is 0 Å². The normalized spacial score (nSPS) is 13.3. The van der Waals surface area contributed by atoms with E-state index in [2.05, 4.69) is 136 Å². The van der Waals surface area contributed by atoms with E-state index in [9.17, 15) is 14.4 Å². The third-order valence-electron chi connectivity index (χ3n) is 9.98. The third kappa shape index (κ3) is 50.2. The number of ether oxygens (including phenoxy) is 3. The highest BCUT2D eigenvalue weighted by atomic mass is 16.6. The van der Waals surface area contributed by atoms with Gasteiger partial charge in [0.25, 0.3) is 0 Å². The minimum Gasteiger partial charge on any atom is -0.462 e. The van der Waals surface area contributed by atoms with Gasteiger partial charge in [-0.3, -0.25) is 14.4 Å². The number of carbonyl (C=O) groups excluding carboxylic acids is 3. The summed E-state index contributed by atoms with van der Waals surface area (Å²) in [4.78, 5) is 38.0. The summed E-state index contributed by atoms with van der Waals surface area (Å²) in [5.74, 6) is -1.00. The smallest absolute Gasteiger partial charge is 0.306 e. The largest absolute Gasteiger partial charge is 0.462 e. The van der Waals surface area contributed by atoms with Crippen LogP contribution >= 0.6 is 0 Å². The molecule has 6 heteroatoms. The molecule has 0 heterocycles. The fourth-order valence-corrected chi connectivity index (χ4v) is 6.24. The predicted octanol–water partition coefficient (Wildman–Crippen LogP) is 16.9. The van der Waals surface area contributed by atoms with E-state index < -0.39 is 6.10 Å². The average Bonchev–Trinajstić information content (AvgIpc) is 3.30. The first-order chi connectivity index (χ1) is 32.0.